The number of carbonyl (C=O) groups is 1. The van der Waals surface area contributed by atoms with Crippen LogP contribution in [0.3, 0.4) is 0 Å². The minimum absolute atomic E-state index is 0.0336. The number of carbonyl (C=O) groups excluding carboxylic acids is 1. The van der Waals surface area contributed by atoms with Gasteiger partial charge in [-0.2, -0.15) is 35.1 Å². The summed E-state index contributed by atoms with van der Waals surface area (Å²) in [5.74, 6) is -7.21. The van der Waals surface area contributed by atoms with Gasteiger partial charge in [-0.3, -0.25) is 4.79 Å². The van der Waals surface area contributed by atoms with Gasteiger partial charge in [0.05, 0.1) is 0 Å². The summed E-state index contributed by atoms with van der Waals surface area (Å²) < 4.78 is 114. The number of amides is 1. The molecule has 0 bridgehead atoms. The highest BCUT2D eigenvalue weighted by molar-refractivity contribution is 14.1. The molecule has 0 fully saturated rings. The molecule has 0 heterocycles. The van der Waals surface area contributed by atoms with Crippen LogP contribution in [0.2, 0.25) is 0 Å². The second kappa shape index (κ2) is 10.4. The first-order valence-electron chi connectivity index (χ1n) is 8.21. The van der Waals surface area contributed by atoms with E-state index in [9.17, 15) is 44.3 Å². The number of hydrogen-bond donors (Lipinski definition) is 1. The molecule has 0 radical (unpaired) electrons. The van der Waals surface area contributed by atoms with Crippen molar-refractivity contribution in [3.05, 3.63) is 0 Å². The largest absolute Gasteiger partial charge is 0.457 e. The summed E-state index contributed by atoms with van der Waals surface area (Å²) in [6.07, 6.45) is -11.2. The molecule has 2 nitrogen and oxygen atoms in total. The summed E-state index contributed by atoms with van der Waals surface area (Å²) in [5, 5.41) is 2.13. The fraction of sp³-hybridized carbons (Fsp3) is 0.933. The van der Waals surface area contributed by atoms with Gasteiger partial charge in [0.1, 0.15) is 0 Å². The summed E-state index contributed by atoms with van der Waals surface area (Å²) >= 11 is 1.11. The average Bonchev–Trinajstić information content (AvgIpc) is 2.50. The van der Waals surface area contributed by atoms with Crippen LogP contribution in [0.15, 0.2) is 0 Å². The molecule has 162 valence electrons. The number of alkyl halides is 10. The number of hydrogen-bond acceptors (Lipinski definition) is 1. The predicted octanol–water partition coefficient (Wildman–Crippen LogP) is 6.13. The zero-order chi connectivity index (χ0) is 21.5. The number of rotatable bonds is 11. The van der Waals surface area contributed by atoms with Crippen LogP contribution in [0.1, 0.15) is 51.9 Å². The highest BCUT2D eigenvalue weighted by Gasteiger charge is 2.80. The lowest BCUT2D eigenvalue weighted by Crippen LogP contribution is -2.63. The number of unbranched alkanes of at least 4 members (excludes halogenated alkanes) is 4. The Kier molecular flexibility index (Phi) is 10.2. The minimum Gasteiger partial charge on any atom is -0.355 e. The first-order valence-corrected chi connectivity index (χ1v) is 9.45. The molecule has 0 rings (SSSR count). The second-order valence-electron chi connectivity index (χ2n) is 6.14. The zero-order valence-corrected chi connectivity index (χ0v) is 16.6. The molecule has 0 aromatic carbocycles. The molecule has 0 aromatic heterocycles. The summed E-state index contributed by atoms with van der Waals surface area (Å²) in [7, 11) is 0. The van der Waals surface area contributed by atoms with Gasteiger partial charge in [0.15, 0.2) is 0 Å². The maximum absolute atomic E-state index is 14.0. The Hall–Kier alpha value is -0.430. The highest BCUT2D eigenvalue weighted by atomic mass is 127. The molecule has 1 amide bonds. The van der Waals surface area contributed by atoms with Crippen molar-refractivity contribution < 1.29 is 44.3 Å². The summed E-state index contributed by atoms with van der Waals surface area (Å²) in [5.41, 5.74) is -5.80. The molecule has 12 heteroatoms. The van der Waals surface area contributed by atoms with Crippen molar-refractivity contribution >= 4 is 28.5 Å². The van der Waals surface area contributed by atoms with Gasteiger partial charge in [-0.05, 0) is 6.42 Å². The van der Waals surface area contributed by atoms with Crippen LogP contribution in [-0.2, 0) is 4.79 Å². The minimum atomic E-state index is -6.71. The topological polar surface area (TPSA) is 29.1 Å². The van der Waals surface area contributed by atoms with Crippen molar-refractivity contribution in [3.63, 3.8) is 0 Å². The van der Waals surface area contributed by atoms with Crippen molar-refractivity contribution in [2.75, 3.05) is 6.54 Å². The van der Waals surface area contributed by atoms with E-state index >= 15 is 0 Å². The molecule has 0 spiro atoms. The van der Waals surface area contributed by atoms with Gasteiger partial charge in [-0.1, -0.05) is 55.2 Å². The molecule has 0 saturated carbocycles. The first-order chi connectivity index (χ1) is 12.1. The Bertz CT molecular complexity index is 467. The Morgan fingerprint density at radius 1 is 0.889 bits per heavy atom. The van der Waals surface area contributed by atoms with Gasteiger partial charge in [0, 0.05) is 23.3 Å². The average molecular weight is 529 g/mol. The second-order valence-corrected chi connectivity index (χ2v) is 7.90. The Labute approximate surface area is 164 Å². The zero-order valence-electron chi connectivity index (χ0n) is 14.4. The Morgan fingerprint density at radius 2 is 1.41 bits per heavy atom. The molecule has 0 aliphatic heterocycles. The maximum Gasteiger partial charge on any atom is 0.457 e. The lowest BCUT2D eigenvalue weighted by molar-refractivity contribution is -0.384. The normalized spacial score (nSPS) is 16.7. The molecule has 0 saturated heterocycles. The fourth-order valence-electron chi connectivity index (χ4n) is 2.23. The van der Waals surface area contributed by atoms with Gasteiger partial charge in [-0.15, -0.1) is 0 Å². The lowest BCUT2D eigenvalue weighted by Gasteiger charge is -2.37. The van der Waals surface area contributed by atoms with Crippen LogP contribution < -0.4 is 5.32 Å². The summed E-state index contributed by atoms with van der Waals surface area (Å²) in [6.45, 7) is 1.32. The highest BCUT2D eigenvalue weighted by Crippen LogP contribution is 2.55. The molecule has 0 aliphatic carbocycles. The van der Waals surface area contributed by atoms with Gasteiger partial charge < -0.3 is 5.32 Å². The van der Waals surface area contributed by atoms with E-state index in [2.05, 4.69) is 5.32 Å². The monoisotopic (exact) mass is 529 g/mol. The molecular formula is C15H21F9INO. The number of halogens is 10. The van der Waals surface area contributed by atoms with Crippen LogP contribution >= 0.6 is 22.6 Å². The Morgan fingerprint density at radius 3 is 1.85 bits per heavy atom. The van der Waals surface area contributed by atoms with Gasteiger partial charge in [0.2, 0.25) is 5.91 Å². The van der Waals surface area contributed by atoms with E-state index in [0.717, 1.165) is 48.3 Å². The van der Waals surface area contributed by atoms with Gasteiger partial charge in [0.25, 0.3) is 5.67 Å². The molecule has 2 atom stereocenters. The van der Waals surface area contributed by atoms with E-state index in [1.54, 1.807) is 0 Å². The van der Waals surface area contributed by atoms with Crippen LogP contribution in [0.25, 0.3) is 0 Å². The smallest absolute Gasteiger partial charge is 0.355 e. The lowest BCUT2D eigenvalue weighted by atomic mass is 9.90. The molecule has 0 aromatic rings. The van der Waals surface area contributed by atoms with Crippen molar-refractivity contribution in [2.24, 2.45) is 0 Å². The fourth-order valence-corrected chi connectivity index (χ4v) is 3.05. The Balaban J connectivity index is 4.82. The number of nitrogens with one attached hydrogen (secondary N) is 1. The van der Waals surface area contributed by atoms with E-state index < -0.39 is 46.7 Å². The third kappa shape index (κ3) is 7.48. The van der Waals surface area contributed by atoms with E-state index in [4.69, 9.17) is 0 Å². The van der Waals surface area contributed by atoms with Gasteiger partial charge in [-0.25, -0.2) is 4.39 Å². The molecule has 1 N–H and O–H groups in total. The van der Waals surface area contributed by atoms with Crippen molar-refractivity contribution in [1.29, 1.82) is 0 Å². The third-order valence-corrected chi connectivity index (χ3v) is 4.71. The standard InChI is InChI=1S/C15H21F9INO/c1-2-3-4-5-6-7-11(27)26-9-10(25)8-12(16,14(19,20)21)13(17,18)15(22,23)24/h10H,2-9H2,1H3,(H,26,27). The maximum atomic E-state index is 14.0. The van der Waals surface area contributed by atoms with Crippen LogP contribution in [0.4, 0.5) is 39.5 Å². The third-order valence-electron chi connectivity index (χ3n) is 3.83. The molecule has 27 heavy (non-hydrogen) atoms. The summed E-state index contributed by atoms with van der Waals surface area (Å²) in [4.78, 5) is 11.5. The van der Waals surface area contributed by atoms with Crippen molar-refractivity contribution in [3.8, 4) is 0 Å². The van der Waals surface area contributed by atoms with E-state index in [0.29, 0.717) is 6.42 Å². The molecule has 0 aliphatic rings. The van der Waals surface area contributed by atoms with Crippen molar-refractivity contribution in [2.45, 2.75) is 79.7 Å². The summed E-state index contributed by atoms with van der Waals surface area (Å²) in [6, 6.07) is 0. The first kappa shape index (κ1) is 26.6. The molecular weight excluding hydrogens is 508 g/mol. The van der Waals surface area contributed by atoms with E-state index in [1.807, 2.05) is 6.92 Å². The molecule has 2 unspecified atom stereocenters. The van der Waals surface area contributed by atoms with Crippen molar-refractivity contribution in [1.82, 2.24) is 5.32 Å². The predicted molar refractivity (Wildman–Crippen MR) is 89.7 cm³/mol. The quantitative estimate of drug-likeness (QED) is 0.149. The SMILES string of the molecule is CCCCCCCC(=O)NCC(I)CC(F)(C(F)(F)F)C(F)(F)C(F)(F)F. The van der Waals surface area contributed by atoms with Crippen LogP contribution in [0.5, 0.6) is 0 Å². The van der Waals surface area contributed by atoms with Gasteiger partial charge >= 0.3 is 18.3 Å². The van der Waals surface area contributed by atoms with Crippen LogP contribution in [0, 0.1) is 0 Å². The van der Waals surface area contributed by atoms with E-state index in [-0.39, 0.29) is 6.42 Å². The van der Waals surface area contributed by atoms with Crippen LogP contribution in [-0.4, -0.2) is 40.3 Å². The van der Waals surface area contributed by atoms with E-state index in [1.165, 1.54) is 0 Å².